The smallest absolute Gasteiger partial charge is 0.436 e. The second kappa shape index (κ2) is 6.54. The summed E-state index contributed by atoms with van der Waals surface area (Å²) in [5.74, 6) is 0.0105. The first-order chi connectivity index (χ1) is 7.74. The van der Waals surface area contributed by atoms with E-state index in [9.17, 15) is 4.79 Å². The summed E-state index contributed by atoms with van der Waals surface area (Å²) in [5, 5.41) is 7.51. The van der Waals surface area contributed by atoms with Crippen molar-refractivity contribution in [1.82, 2.24) is 9.88 Å². The van der Waals surface area contributed by atoms with Gasteiger partial charge in [-0.2, -0.15) is 0 Å². The molecule has 2 rings (SSSR count). The van der Waals surface area contributed by atoms with E-state index in [-0.39, 0.29) is 70.1 Å². The predicted octanol–water partition coefficient (Wildman–Crippen LogP) is -1.71. The van der Waals surface area contributed by atoms with Gasteiger partial charge in [-0.05, 0) is 12.1 Å². The quantitative estimate of drug-likeness (QED) is 0.402. The number of anilines is 1. The van der Waals surface area contributed by atoms with Gasteiger partial charge >= 0.3 is 64.2 Å². The monoisotopic (exact) mass is 300 g/mol. The molecule has 0 aromatic carbocycles. The molecule has 0 radical (unpaired) electrons. The van der Waals surface area contributed by atoms with Crippen molar-refractivity contribution in [3.05, 3.63) is 37.2 Å². The van der Waals surface area contributed by atoms with Gasteiger partial charge in [-0.15, -0.1) is 0 Å². The summed E-state index contributed by atoms with van der Waals surface area (Å²) in [6, 6.07) is 3.36. The zero-order valence-corrected chi connectivity index (χ0v) is 14.6. The Balaban J connectivity index is 0.00000144. The molecule has 0 unspecified atom stereocenters. The largest absolute Gasteiger partial charge is 1.00 e. The Labute approximate surface area is 149 Å². The van der Waals surface area contributed by atoms with Crippen LogP contribution in [0.2, 0.25) is 0 Å². The van der Waals surface area contributed by atoms with Crippen LogP contribution in [0.25, 0.3) is 0 Å². The Kier molecular flexibility index (Phi) is 5.65. The van der Waals surface area contributed by atoms with Crippen LogP contribution in [-0.2, 0) is 0 Å². The third-order valence-corrected chi connectivity index (χ3v) is 2.40. The maximum absolute atomic E-state index is 11.9. The molecule has 0 bridgehead atoms. The summed E-state index contributed by atoms with van der Waals surface area (Å²) >= 11 is 0. The van der Waals surface area contributed by atoms with Gasteiger partial charge in [0.2, 0.25) is 0 Å². The number of hydrogen-bond donors (Lipinski definition) is 1. The van der Waals surface area contributed by atoms with Crippen molar-refractivity contribution < 1.29 is 63.0 Å². The van der Waals surface area contributed by atoms with Crippen LogP contribution in [0.1, 0.15) is 0 Å². The number of amidine groups is 1. The molecule has 1 aromatic rings. The number of carbonyl (C=O) groups excluding carboxylic acids is 1. The van der Waals surface area contributed by atoms with Crippen LogP contribution in [0.3, 0.4) is 0 Å². The Morgan fingerprint density at radius 1 is 1.53 bits per heavy atom. The van der Waals surface area contributed by atoms with Crippen LogP contribution >= 0.6 is 0 Å². The maximum Gasteiger partial charge on any atom is 1.00 e. The molecular formula is C11H11N4ORb. The van der Waals surface area contributed by atoms with Crippen molar-refractivity contribution in [1.29, 1.82) is 5.41 Å². The minimum absolute atomic E-state index is 0. The Hall–Kier alpha value is -0.365. The molecule has 0 atom stereocenters. The number of nitrogens with one attached hydrogen (secondary N) is 1. The van der Waals surface area contributed by atoms with E-state index in [0.29, 0.717) is 13.1 Å². The average molecular weight is 301 g/mol. The molecular weight excluding hydrogens is 290 g/mol. The molecule has 1 saturated heterocycles. The van der Waals surface area contributed by atoms with Crippen LogP contribution in [0.4, 0.5) is 10.5 Å². The Morgan fingerprint density at radius 3 is 2.88 bits per heavy atom. The zero-order valence-electron chi connectivity index (χ0n) is 9.68. The maximum atomic E-state index is 11.9. The van der Waals surface area contributed by atoms with Crippen LogP contribution in [0.5, 0.6) is 0 Å². The molecule has 1 fully saturated rings. The standard InChI is InChI=1S/C11H11N4O.Rb/c1-2-10(12)15-7-6-14(11(15)16)9-4-3-5-13-8-9;/h3-5,8,12H,1,6-7H2;/q-1;+1. The van der Waals surface area contributed by atoms with Gasteiger partial charge in [-0.1, -0.05) is 5.84 Å². The van der Waals surface area contributed by atoms with Gasteiger partial charge in [-0.3, -0.25) is 16.5 Å². The van der Waals surface area contributed by atoms with Crippen LogP contribution in [0, 0.1) is 11.5 Å². The second-order valence-corrected chi connectivity index (χ2v) is 3.32. The summed E-state index contributed by atoms with van der Waals surface area (Å²) in [6.07, 6.45) is 5.69. The number of pyridine rings is 1. The molecule has 1 aliphatic heterocycles. The fourth-order valence-corrected chi connectivity index (χ4v) is 1.59. The number of nitrogens with zero attached hydrogens (tertiary/aromatic N) is 3. The summed E-state index contributed by atoms with van der Waals surface area (Å²) in [4.78, 5) is 18.8. The van der Waals surface area contributed by atoms with E-state index in [1.807, 2.05) is 6.07 Å². The van der Waals surface area contributed by atoms with E-state index in [1.165, 1.54) is 4.90 Å². The molecule has 1 aromatic heterocycles. The van der Waals surface area contributed by atoms with Gasteiger partial charge in [0.1, 0.15) is 0 Å². The average Bonchev–Trinajstić information content (AvgIpc) is 2.71. The third-order valence-electron chi connectivity index (χ3n) is 2.40. The predicted molar refractivity (Wildman–Crippen MR) is 60.3 cm³/mol. The van der Waals surface area contributed by atoms with Crippen molar-refractivity contribution in [2.75, 3.05) is 18.0 Å². The minimum atomic E-state index is -0.228. The molecule has 1 aliphatic rings. The van der Waals surface area contributed by atoms with Crippen molar-refractivity contribution in [3.63, 3.8) is 0 Å². The Morgan fingerprint density at radius 2 is 2.29 bits per heavy atom. The van der Waals surface area contributed by atoms with Gasteiger partial charge in [0.25, 0.3) is 0 Å². The number of aromatic nitrogens is 1. The SMILES string of the molecule is C=[C-]C(=N)N1CCN(c2cccnc2)C1=O.[Rb+]. The number of rotatable bonds is 2. The van der Waals surface area contributed by atoms with Gasteiger partial charge in [0, 0.05) is 19.3 Å². The Bertz CT molecular complexity index is 434. The fourth-order valence-electron chi connectivity index (χ4n) is 1.59. The van der Waals surface area contributed by atoms with Gasteiger partial charge < -0.3 is 16.4 Å². The normalized spacial score (nSPS) is 14.5. The van der Waals surface area contributed by atoms with Gasteiger partial charge in [0.15, 0.2) is 0 Å². The number of urea groups is 1. The van der Waals surface area contributed by atoms with E-state index >= 15 is 0 Å². The van der Waals surface area contributed by atoms with Gasteiger partial charge in [0.05, 0.1) is 11.9 Å². The molecule has 17 heavy (non-hydrogen) atoms. The number of hydrogen-bond acceptors (Lipinski definition) is 3. The summed E-state index contributed by atoms with van der Waals surface area (Å²) in [5.41, 5.74) is 0.742. The first-order valence-corrected chi connectivity index (χ1v) is 4.84. The molecule has 2 heterocycles. The minimum Gasteiger partial charge on any atom is -0.436 e. The third kappa shape index (κ3) is 3.10. The van der Waals surface area contributed by atoms with E-state index in [4.69, 9.17) is 5.41 Å². The van der Waals surface area contributed by atoms with E-state index < -0.39 is 0 Å². The second-order valence-electron chi connectivity index (χ2n) is 3.32. The molecule has 0 spiro atoms. The van der Waals surface area contributed by atoms with Crippen molar-refractivity contribution in [2.24, 2.45) is 0 Å². The summed E-state index contributed by atoms with van der Waals surface area (Å²) in [7, 11) is 0. The number of carbonyl (C=O) groups is 1. The van der Waals surface area contributed by atoms with Crippen molar-refractivity contribution in [2.45, 2.75) is 0 Å². The van der Waals surface area contributed by atoms with Crippen LogP contribution < -0.4 is 63.1 Å². The van der Waals surface area contributed by atoms with Crippen LogP contribution in [0.15, 0.2) is 31.1 Å². The van der Waals surface area contributed by atoms with E-state index in [2.05, 4.69) is 17.6 Å². The summed E-state index contributed by atoms with van der Waals surface area (Å²) in [6.45, 7) is 4.39. The molecule has 2 amide bonds. The first kappa shape index (κ1) is 14.7. The van der Waals surface area contributed by atoms with E-state index in [1.54, 1.807) is 23.4 Å². The molecule has 5 nitrogen and oxygen atoms in total. The molecule has 82 valence electrons. The summed E-state index contributed by atoms with van der Waals surface area (Å²) < 4.78 is 0. The number of amides is 2. The molecule has 0 aliphatic carbocycles. The first-order valence-electron chi connectivity index (χ1n) is 4.84. The molecule has 0 saturated carbocycles. The molecule has 1 N–H and O–H groups in total. The zero-order chi connectivity index (χ0) is 11.5. The van der Waals surface area contributed by atoms with Crippen LogP contribution in [-0.4, -0.2) is 34.8 Å². The fraction of sp³-hybridized carbons (Fsp3) is 0.182. The van der Waals surface area contributed by atoms with Crippen molar-refractivity contribution in [3.8, 4) is 0 Å². The van der Waals surface area contributed by atoms with Crippen molar-refractivity contribution >= 4 is 17.6 Å². The van der Waals surface area contributed by atoms with E-state index in [0.717, 1.165) is 5.69 Å². The topological polar surface area (TPSA) is 60.3 Å². The van der Waals surface area contributed by atoms with Gasteiger partial charge in [-0.25, -0.2) is 4.79 Å². The molecule has 6 heteroatoms.